The maximum atomic E-state index is 13.7. The Morgan fingerprint density at radius 3 is 2.13 bits per heavy atom. The molecule has 1 aromatic heterocycles. The Morgan fingerprint density at radius 1 is 0.889 bits per heavy atom. The van der Waals surface area contributed by atoms with Crippen LogP contribution >= 0.6 is 11.8 Å². The van der Waals surface area contributed by atoms with Gasteiger partial charge in [-0.25, -0.2) is 4.21 Å². The maximum Gasteiger partial charge on any atom is 0.510 e. The van der Waals surface area contributed by atoms with Crippen LogP contribution in [-0.2, 0) is 21.9 Å². The molecule has 0 aliphatic carbocycles. The first kappa shape index (κ1) is 32.2. The minimum atomic E-state index is -5.15. The van der Waals surface area contributed by atoms with E-state index in [1.807, 2.05) is 69.3 Å². The first-order valence-electron chi connectivity index (χ1n) is 14.1. The largest absolute Gasteiger partial charge is 0.510 e. The van der Waals surface area contributed by atoms with Crippen LogP contribution in [0.1, 0.15) is 50.8 Å². The minimum absolute atomic E-state index is 0.0315. The number of Topliss-reactive ketones (excluding diaryl/α,β-unsaturated/α-hetero) is 1. The summed E-state index contributed by atoms with van der Waals surface area (Å²) >= 11 is -2.32. The molecule has 0 aliphatic rings. The SMILES string of the molecule is CCn1c2ccc(C(=O)/C(CCSc3ccc(C)cc3)=N/OS(=O)C(F)(F)F)cc2c2cc(C(=O)c3ccccc3C)ccc21. The minimum Gasteiger partial charge on any atom is -0.341 e. The Balaban J connectivity index is 1.51. The molecule has 0 amide bonds. The van der Waals surface area contributed by atoms with Gasteiger partial charge in [-0.15, -0.1) is 11.8 Å². The number of alkyl halides is 3. The van der Waals surface area contributed by atoms with Crippen LogP contribution < -0.4 is 0 Å². The molecule has 0 fully saturated rings. The van der Waals surface area contributed by atoms with Crippen LogP contribution in [0.3, 0.4) is 0 Å². The molecular formula is C34H29F3N2O4S2. The summed E-state index contributed by atoms with van der Waals surface area (Å²) in [6, 6.07) is 25.5. The average molecular weight is 651 g/mol. The molecule has 232 valence electrons. The van der Waals surface area contributed by atoms with Gasteiger partial charge in [0.2, 0.25) is 5.78 Å². The fraction of sp³-hybridized carbons (Fsp3) is 0.206. The number of fused-ring (bicyclic) bond motifs is 3. The molecule has 5 rings (SSSR count). The highest BCUT2D eigenvalue weighted by atomic mass is 32.2. The lowest BCUT2D eigenvalue weighted by Gasteiger charge is -2.08. The van der Waals surface area contributed by atoms with Crippen LogP contribution in [0.4, 0.5) is 13.2 Å². The van der Waals surface area contributed by atoms with Crippen molar-refractivity contribution in [1.29, 1.82) is 0 Å². The van der Waals surface area contributed by atoms with Gasteiger partial charge in [-0.1, -0.05) is 47.1 Å². The number of thioether (sulfide) groups is 1. The number of carbonyl (C=O) groups is 2. The predicted molar refractivity (Wildman–Crippen MR) is 173 cm³/mol. The quantitative estimate of drug-likeness (QED) is 0.0620. The summed E-state index contributed by atoms with van der Waals surface area (Å²) in [5.74, 6) is -0.461. The lowest BCUT2D eigenvalue weighted by Crippen LogP contribution is -2.20. The molecule has 1 atom stereocenters. The molecule has 45 heavy (non-hydrogen) atoms. The van der Waals surface area contributed by atoms with E-state index < -0.39 is 22.4 Å². The number of hydrogen-bond acceptors (Lipinski definition) is 6. The molecule has 6 nitrogen and oxygen atoms in total. The summed E-state index contributed by atoms with van der Waals surface area (Å²) in [7, 11) is 0. The highest BCUT2D eigenvalue weighted by Gasteiger charge is 2.40. The average Bonchev–Trinajstić information content (AvgIpc) is 3.34. The van der Waals surface area contributed by atoms with Gasteiger partial charge in [0.25, 0.3) is 0 Å². The lowest BCUT2D eigenvalue weighted by atomic mass is 9.97. The summed E-state index contributed by atoms with van der Waals surface area (Å²) in [4.78, 5) is 28.0. The molecule has 0 aliphatic heterocycles. The second-order valence-electron chi connectivity index (χ2n) is 10.4. The number of aryl methyl sites for hydroxylation is 3. The van der Waals surface area contributed by atoms with Crippen LogP contribution in [0.2, 0.25) is 0 Å². The van der Waals surface area contributed by atoms with E-state index in [1.54, 1.807) is 36.4 Å². The van der Waals surface area contributed by atoms with Crippen LogP contribution in [0.5, 0.6) is 0 Å². The standard InChI is InChI=1S/C34H29F3N2O4S2/c1-4-39-30-15-11-23(32(40)26-8-6-5-7-22(26)3)19-27(30)28-20-24(12-16-31(28)39)33(41)29(38-43-45(42)34(35,36)37)17-18-44-25-13-9-21(2)10-14-25/h5-16,19-20H,4,17-18H2,1-3H3/b38-29+. The highest BCUT2D eigenvalue weighted by Crippen LogP contribution is 2.32. The number of oxime groups is 1. The number of aromatic nitrogens is 1. The fourth-order valence-electron chi connectivity index (χ4n) is 5.10. The van der Waals surface area contributed by atoms with E-state index in [2.05, 4.69) is 14.0 Å². The summed E-state index contributed by atoms with van der Waals surface area (Å²) in [5.41, 5.74) is -0.565. The van der Waals surface area contributed by atoms with Crippen LogP contribution in [0, 0.1) is 13.8 Å². The topological polar surface area (TPSA) is 77.7 Å². The predicted octanol–water partition coefficient (Wildman–Crippen LogP) is 8.58. The van der Waals surface area contributed by atoms with E-state index in [1.165, 1.54) is 11.8 Å². The first-order valence-corrected chi connectivity index (χ1v) is 16.2. The molecule has 0 spiro atoms. The first-order chi connectivity index (χ1) is 21.5. The Labute approximate surface area is 264 Å². The number of benzene rings is 4. The van der Waals surface area contributed by atoms with Gasteiger partial charge >= 0.3 is 16.6 Å². The molecule has 1 unspecified atom stereocenters. The zero-order chi connectivity index (χ0) is 32.3. The van der Waals surface area contributed by atoms with Crippen molar-refractivity contribution in [2.75, 3.05) is 5.75 Å². The Hall–Kier alpha value is -4.22. The molecule has 0 saturated carbocycles. The maximum absolute atomic E-state index is 13.7. The molecule has 0 radical (unpaired) electrons. The van der Waals surface area contributed by atoms with Crippen molar-refractivity contribution in [3.63, 3.8) is 0 Å². The molecular weight excluding hydrogens is 622 g/mol. The van der Waals surface area contributed by atoms with Gasteiger partial charge in [0, 0.05) is 62.1 Å². The van der Waals surface area contributed by atoms with Crippen molar-refractivity contribution in [2.45, 2.75) is 44.1 Å². The number of ketones is 2. The van der Waals surface area contributed by atoms with E-state index in [0.717, 1.165) is 32.4 Å². The zero-order valence-corrected chi connectivity index (χ0v) is 26.3. The number of nitrogens with zero attached hydrogens (tertiary/aromatic N) is 2. The Morgan fingerprint density at radius 2 is 1.51 bits per heavy atom. The van der Waals surface area contributed by atoms with E-state index in [4.69, 9.17) is 0 Å². The molecule has 0 saturated heterocycles. The van der Waals surface area contributed by atoms with Crippen molar-refractivity contribution >= 4 is 61.9 Å². The second-order valence-corrected chi connectivity index (χ2v) is 12.6. The van der Waals surface area contributed by atoms with Crippen LogP contribution in [-0.4, -0.2) is 37.3 Å². The molecule has 11 heteroatoms. The lowest BCUT2D eigenvalue weighted by molar-refractivity contribution is -0.0471. The smallest absolute Gasteiger partial charge is 0.341 e. The molecule has 0 bridgehead atoms. The number of rotatable bonds is 11. The third-order valence-electron chi connectivity index (χ3n) is 7.39. The van der Waals surface area contributed by atoms with E-state index >= 15 is 0 Å². The Bertz CT molecular complexity index is 1960. The van der Waals surface area contributed by atoms with Crippen LogP contribution in [0.25, 0.3) is 21.8 Å². The van der Waals surface area contributed by atoms with E-state index in [9.17, 15) is 27.0 Å². The zero-order valence-electron chi connectivity index (χ0n) is 24.7. The Kier molecular flexibility index (Phi) is 9.59. The van der Waals surface area contributed by atoms with Gasteiger partial charge in [-0.05, 0) is 74.9 Å². The van der Waals surface area contributed by atoms with E-state index in [0.29, 0.717) is 28.8 Å². The van der Waals surface area contributed by atoms with Gasteiger partial charge in [0.1, 0.15) is 5.71 Å². The summed E-state index contributed by atoms with van der Waals surface area (Å²) in [6.45, 7) is 6.43. The second kappa shape index (κ2) is 13.4. The van der Waals surface area contributed by atoms with Crippen molar-refractivity contribution in [2.24, 2.45) is 5.16 Å². The third kappa shape index (κ3) is 7.04. The summed E-state index contributed by atoms with van der Waals surface area (Å²) in [6.07, 6.45) is -0.0315. The van der Waals surface area contributed by atoms with E-state index in [-0.39, 0.29) is 23.5 Å². The molecule has 1 heterocycles. The van der Waals surface area contributed by atoms with Crippen LogP contribution in [0.15, 0.2) is 95.0 Å². The third-order valence-corrected chi connectivity index (χ3v) is 8.99. The number of halogens is 3. The highest BCUT2D eigenvalue weighted by molar-refractivity contribution is 7.99. The van der Waals surface area contributed by atoms with Gasteiger partial charge < -0.3 is 4.57 Å². The van der Waals surface area contributed by atoms with Gasteiger partial charge in [0.05, 0.1) is 0 Å². The molecule has 4 aromatic carbocycles. The summed E-state index contributed by atoms with van der Waals surface area (Å²) < 4.78 is 56.6. The molecule has 5 aromatic rings. The fourth-order valence-corrected chi connectivity index (χ4v) is 6.20. The summed E-state index contributed by atoms with van der Waals surface area (Å²) in [5, 5.41) is 4.89. The van der Waals surface area contributed by atoms with Crippen molar-refractivity contribution in [3.8, 4) is 0 Å². The van der Waals surface area contributed by atoms with Gasteiger partial charge in [-0.2, -0.15) is 13.2 Å². The normalized spacial score (nSPS) is 12.9. The monoisotopic (exact) mass is 650 g/mol. The van der Waals surface area contributed by atoms with Crippen molar-refractivity contribution in [3.05, 3.63) is 113 Å². The molecule has 0 N–H and O–H groups in total. The van der Waals surface area contributed by atoms with Crippen molar-refractivity contribution < 1.29 is 31.3 Å². The van der Waals surface area contributed by atoms with Crippen molar-refractivity contribution in [1.82, 2.24) is 4.57 Å². The number of carbonyl (C=O) groups excluding carboxylic acids is 2. The van der Waals surface area contributed by atoms with Gasteiger partial charge in [-0.3, -0.25) is 13.9 Å². The van der Waals surface area contributed by atoms with Gasteiger partial charge in [0.15, 0.2) is 5.78 Å². The number of hydrogen-bond donors (Lipinski definition) is 0.